The standard InChI is InChI=1S/C22H30F4O5/c1-2-3-4-16-10-29-21(30-11-16)17-12-27-20(28-13-17)8-6-15-5-7-19(18(23)9-15)31-14-22(24,25)26/h5,7,9,16-17,20-21H,2-4,6,8,10-14H2,1H3. The van der Waals surface area contributed by atoms with E-state index in [2.05, 4.69) is 11.7 Å². The normalized spacial score (nSPS) is 27.3. The Hall–Kier alpha value is -1.42. The number of unbranched alkanes of at least 4 members (excludes halogenated alkanes) is 1. The van der Waals surface area contributed by atoms with Crippen LogP contribution in [-0.4, -0.2) is 51.8 Å². The van der Waals surface area contributed by atoms with E-state index in [1.165, 1.54) is 18.6 Å². The lowest BCUT2D eigenvalue weighted by Crippen LogP contribution is -2.44. The fourth-order valence-electron chi connectivity index (χ4n) is 3.63. The molecule has 0 aliphatic carbocycles. The maximum absolute atomic E-state index is 14.0. The van der Waals surface area contributed by atoms with Gasteiger partial charge in [-0.25, -0.2) is 4.39 Å². The van der Waals surface area contributed by atoms with Gasteiger partial charge in [0.1, 0.15) is 0 Å². The maximum Gasteiger partial charge on any atom is 0.422 e. The van der Waals surface area contributed by atoms with E-state index in [0.717, 1.165) is 12.8 Å². The lowest BCUT2D eigenvalue weighted by atomic mass is 10.0. The fourth-order valence-corrected chi connectivity index (χ4v) is 3.63. The van der Waals surface area contributed by atoms with E-state index in [1.54, 1.807) is 6.07 Å². The maximum atomic E-state index is 14.0. The number of halogens is 4. The van der Waals surface area contributed by atoms with Crippen LogP contribution in [0.5, 0.6) is 5.75 Å². The van der Waals surface area contributed by atoms with Crippen LogP contribution in [0.1, 0.15) is 38.2 Å². The SMILES string of the molecule is CCCCC1COC(C2COC(CCc3ccc(OCC(F)(F)F)c(F)c3)OC2)OC1. The van der Waals surface area contributed by atoms with Gasteiger partial charge in [0.15, 0.2) is 30.8 Å². The van der Waals surface area contributed by atoms with Gasteiger partial charge in [-0.2, -0.15) is 13.2 Å². The molecule has 0 bridgehead atoms. The van der Waals surface area contributed by atoms with Crippen LogP contribution in [0.25, 0.3) is 0 Å². The van der Waals surface area contributed by atoms with Gasteiger partial charge in [-0.15, -0.1) is 0 Å². The van der Waals surface area contributed by atoms with Crippen molar-refractivity contribution in [1.82, 2.24) is 0 Å². The van der Waals surface area contributed by atoms with Crippen molar-refractivity contribution in [2.45, 2.75) is 57.8 Å². The van der Waals surface area contributed by atoms with Gasteiger partial charge in [-0.3, -0.25) is 0 Å². The van der Waals surface area contributed by atoms with Gasteiger partial charge >= 0.3 is 6.18 Å². The first-order valence-electron chi connectivity index (χ1n) is 10.8. The number of alkyl halides is 3. The Labute approximate surface area is 179 Å². The molecular weight excluding hydrogens is 420 g/mol. The summed E-state index contributed by atoms with van der Waals surface area (Å²) in [5.74, 6) is -0.791. The van der Waals surface area contributed by atoms with Gasteiger partial charge in [-0.1, -0.05) is 25.8 Å². The van der Waals surface area contributed by atoms with Crippen molar-refractivity contribution in [3.05, 3.63) is 29.6 Å². The summed E-state index contributed by atoms with van der Waals surface area (Å²) in [7, 11) is 0. The molecule has 0 aromatic heterocycles. The van der Waals surface area contributed by atoms with E-state index in [0.29, 0.717) is 50.8 Å². The minimum atomic E-state index is -4.51. The van der Waals surface area contributed by atoms with Crippen molar-refractivity contribution in [3.63, 3.8) is 0 Å². The number of hydrogen-bond acceptors (Lipinski definition) is 5. The summed E-state index contributed by atoms with van der Waals surface area (Å²) in [6.45, 7) is 2.93. The monoisotopic (exact) mass is 450 g/mol. The summed E-state index contributed by atoms with van der Waals surface area (Å²) in [5, 5.41) is 0. The zero-order valence-electron chi connectivity index (χ0n) is 17.7. The van der Waals surface area contributed by atoms with Crippen LogP contribution < -0.4 is 4.74 Å². The van der Waals surface area contributed by atoms with Crippen molar-refractivity contribution >= 4 is 0 Å². The molecule has 2 fully saturated rings. The molecule has 2 saturated heterocycles. The third-order valence-electron chi connectivity index (χ3n) is 5.39. The number of ether oxygens (including phenoxy) is 5. The van der Waals surface area contributed by atoms with Crippen LogP contribution in [0.2, 0.25) is 0 Å². The average molecular weight is 450 g/mol. The van der Waals surface area contributed by atoms with Crippen molar-refractivity contribution < 1.29 is 41.2 Å². The predicted octanol–water partition coefficient (Wildman–Crippen LogP) is 4.87. The highest BCUT2D eigenvalue weighted by Crippen LogP contribution is 2.27. The molecule has 176 valence electrons. The molecule has 0 amide bonds. The van der Waals surface area contributed by atoms with Crippen molar-refractivity contribution in [3.8, 4) is 5.75 Å². The van der Waals surface area contributed by atoms with Crippen molar-refractivity contribution in [2.24, 2.45) is 11.8 Å². The molecule has 0 spiro atoms. The Kier molecular flexibility index (Phi) is 8.95. The number of rotatable bonds is 9. The van der Waals surface area contributed by atoms with Crippen LogP contribution in [-0.2, 0) is 25.4 Å². The summed E-state index contributed by atoms with van der Waals surface area (Å²) >= 11 is 0. The Balaban J connectivity index is 1.36. The molecule has 0 saturated carbocycles. The molecular formula is C22H30F4O5. The van der Waals surface area contributed by atoms with Crippen LogP contribution in [0.15, 0.2) is 18.2 Å². The van der Waals surface area contributed by atoms with Gasteiger partial charge < -0.3 is 23.7 Å². The molecule has 0 N–H and O–H groups in total. The van der Waals surface area contributed by atoms with Gasteiger partial charge in [-0.05, 0) is 30.5 Å². The molecule has 2 aliphatic rings. The first-order chi connectivity index (χ1) is 14.8. The number of benzene rings is 1. The summed E-state index contributed by atoms with van der Waals surface area (Å²) in [6.07, 6.45) is -0.858. The highest BCUT2D eigenvalue weighted by Gasteiger charge is 2.33. The topological polar surface area (TPSA) is 46.2 Å². The van der Waals surface area contributed by atoms with Crippen LogP contribution in [0.3, 0.4) is 0 Å². The smallest absolute Gasteiger partial charge is 0.422 e. The minimum absolute atomic E-state index is 0.00545. The van der Waals surface area contributed by atoms with Gasteiger partial charge in [0.05, 0.1) is 32.3 Å². The van der Waals surface area contributed by atoms with Crippen molar-refractivity contribution in [2.75, 3.05) is 33.0 Å². The molecule has 2 heterocycles. The number of aryl methyl sites for hydroxylation is 1. The largest absolute Gasteiger partial charge is 0.481 e. The van der Waals surface area contributed by atoms with Crippen LogP contribution in [0, 0.1) is 17.7 Å². The average Bonchev–Trinajstić information content (AvgIpc) is 2.76. The molecule has 0 atom stereocenters. The van der Waals surface area contributed by atoms with Crippen molar-refractivity contribution in [1.29, 1.82) is 0 Å². The lowest BCUT2D eigenvalue weighted by Gasteiger charge is -2.37. The zero-order chi connectivity index (χ0) is 22.3. The van der Waals surface area contributed by atoms with Gasteiger partial charge in [0, 0.05) is 12.3 Å². The molecule has 5 nitrogen and oxygen atoms in total. The summed E-state index contributed by atoms with van der Waals surface area (Å²) in [6, 6.07) is 3.93. The predicted molar refractivity (Wildman–Crippen MR) is 104 cm³/mol. The lowest BCUT2D eigenvalue weighted by molar-refractivity contribution is -0.281. The Bertz CT molecular complexity index is 668. The highest BCUT2D eigenvalue weighted by molar-refractivity contribution is 5.29. The van der Waals surface area contributed by atoms with E-state index in [1.807, 2.05) is 0 Å². The van der Waals surface area contributed by atoms with Gasteiger partial charge in [0.25, 0.3) is 0 Å². The minimum Gasteiger partial charge on any atom is -0.481 e. The second-order valence-corrected chi connectivity index (χ2v) is 8.11. The summed E-state index contributed by atoms with van der Waals surface area (Å²) in [5.41, 5.74) is 0.628. The first kappa shape index (κ1) is 24.2. The molecule has 1 aromatic rings. The molecule has 9 heteroatoms. The third kappa shape index (κ3) is 7.89. The molecule has 31 heavy (non-hydrogen) atoms. The second-order valence-electron chi connectivity index (χ2n) is 8.11. The molecule has 0 unspecified atom stereocenters. The first-order valence-corrected chi connectivity index (χ1v) is 10.8. The van der Waals surface area contributed by atoms with E-state index in [-0.39, 0.29) is 12.2 Å². The Morgan fingerprint density at radius 3 is 2.32 bits per heavy atom. The van der Waals surface area contributed by atoms with Crippen LogP contribution in [0.4, 0.5) is 17.6 Å². The Morgan fingerprint density at radius 1 is 1.00 bits per heavy atom. The summed E-state index contributed by atoms with van der Waals surface area (Å²) < 4.78 is 78.2. The Morgan fingerprint density at radius 2 is 1.71 bits per heavy atom. The fraction of sp³-hybridized carbons (Fsp3) is 0.727. The highest BCUT2D eigenvalue weighted by atomic mass is 19.4. The number of hydrogen-bond donors (Lipinski definition) is 0. The van der Waals surface area contributed by atoms with E-state index in [9.17, 15) is 17.6 Å². The molecule has 1 aromatic carbocycles. The molecule has 3 rings (SSSR count). The second kappa shape index (κ2) is 11.4. The molecule has 2 aliphatic heterocycles. The van der Waals surface area contributed by atoms with E-state index >= 15 is 0 Å². The van der Waals surface area contributed by atoms with Gasteiger partial charge in [0.2, 0.25) is 0 Å². The zero-order valence-corrected chi connectivity index (χ0v) is 17.7. The summed E-state index contributed by atoms with van der Waals surface area (Å²) in [4.78, 5) is 0. The van der Waals surface area contributed by atoms with E-state index < -0.39 is 30.6 Å². The quantitative estimate of drug-likeness (QED) is 0.503. The van der Waals surface area contributed by atoms with E-state index in [4.69, 9.17) is 18.9 Å². The molecule has 0 radical (unpaired) electrons. The van der Waals surface area contributed by atoms with Crippen LogP contribution >= 0.6 is 0 Å². The third-order valence-corrected chi connectivity index (χ3v) is 5.39.